The van der Waals surface area contributed by atoms with Gasteiger partial charge in [0.25, 0.3) is 0 Å². The Morgan fingerprint density at radius 3 is 0.933 bits per heavy atom. The predicted octanol–water partition coefficient (Wildman–Crippen LogP) is 4.47. The van der Waals surface area contributed by atoms with Crippen molar-refractivity contribution in [2.24, 2.45) is 0 Å². The van der Waals surface area contributed by atoms with Gasteiger partial charge in [-0.05, 0) is 0 Å². The molecule has 0 aromatic rings. The SMILES string of the molecule is FC(F)(F)C(F)(F)C(F)(F)C(F)(F)I.I. The quantitative estimate of drug-likeness (QED) is 0.315. The van der Waals surface area contributed by atoms with Gasteiger partial charge in [0, 0.05) is 22.6 Å². The highest BCUT2D eigenvalue weighted by atomic mass is 127. The van der Waals surface area contributed by atoms with Gasteiger partial charge in [-0.1, -0.05) is 0 Å². The lowest BCUT2D eigenvalue weighted by molar-refractivity contribution is -0.378. The van der Waals surface area contributed by atoms with Crippen molar-refractivity contribution in [1.82, 2.24) is 0 Å². The van der Waals surface area contributed by atoms with Crippen LogP contribution in [0.2, 0.25) is 0 Å². The molecular weight excluding hydrogens is 473 g/mol. The molecule has 0 aliphatic rings. The van der Waals surface area contributed by atoms with Crippen LogP contribution < -0.4 is 0 Å². The number of hydrogen-bond acceptors (Lipinski definition) is 0. The summed E-state index contributed by atoms with van der Waals surface area (Å²) < 4.78 is 99.6. The van der Waals surface area contributed by atoms with Crippen molar-refractivity contribution in [2.75, 3.05) is 0 Å². The third kappa shape index (κ3) is 3.15. The normalized spacial score (nSPS) is 14.8. The molecule has 0 rings (SSSR count). The van der Waals surface area contributed by atoms with Crippen LogP contribution in [-0.2, 0) is 0 Å². The van der Waals surface area contributed by atoms with Gasteiger partial charge in [-0.2, -0.15) is 39.5 Å². The van der Waals surface area contributed by atoms with Gasteiger partial charge in [0.05, 0.1) is 0 Å². The largest absolute Gasteiger partial charge is 0.460 e. The first-order chi connectivity index (χ1) is 5.75. The Labute approximate surface area is 108 Å². The molecule has 0 aliphatic heterocycles. The molecule has 0 saturated carbocycles. The minimum Gasteiger partial charge on any atom is -0.191 e. The lowest BCUT2D eigenvalue weighted by atomic mass is 10.2. The van der Waals surface area contributed by atoms with Gasteiger partial charge in [-0.3, -0.25) is 0 Å². The molecule has 0 bridgehead atoms. The Bertz CT molecular complexity index is 189. The molecule has 0 aromatic heterocycles. The first kappa shape index (κ1) is 18.2. The van der Waals surface area contributed by atoms with Crippen LogP contribution in [0.1, 0.15) is 0 Å². The van der Waals surface area contributed by atoms with Gasteiger partial charge in [0.2, 0.25) is 0 Å². The molecule has 0 aromatic carbocycles. The summed E-state index contributed by atoms with van der Waals surface area (Å²) in [5, 5.41) is 0. The molecule has 15 heavy (non-hydrogen) atoms. The van der Waals surface area contributed by atoms with Crippen molar-refractivity contribution >= 4 is 46.6 Å². The van der Waals surface area contributed by atoms with Crippen LogP contribution in [0.25, 0.3) is 0 Å². The number of alkyl halides is 10. The first-order valence-electron chi connectivity index (χ1n) is 2.64. The fourth-order valence-electron chi connectivity index (χ4n) is 0.356. The van der Waals surface area contributed by atoms with Crippen LogP contribution in [0.4, 0.5) is 39.5 Å². The maximum absolute atomic E-state index is 12.0. The molecule has 0 fully saturated rings. The van der Waals surface area contributed by atoms with E-state index in [0.717, 1.165) is 0 Å². The third-order valence-electron chi connectivity index (χ3n) is 1.11. The molecule has 0 N–H and O–H groups in total. The van der Waals surface area contributed by atoms with E-state index in [-0.39, 0.29) is 24.0 Å². The predicted molar refractivity (Wildman–Crippen MR) is 50.3 cm³/mol. The minimum atomic E-state index is -6.77. The van der Waals surface area contributed by atoms with Gasteiger partial charge in [0.1, 0.15) is 0 Å². The maximum atomic E-state index is 12.0. The molecule has 0 spiro atoms. The lowest BCUT2D eigenvalue weighted by Crippen LogP contribution is -2.58. The zero-order chi connectivity index (χ0) is 12.0. The van der Waals surface area contributed by atoms with Gasteiger partial charge >= 0.3 is 22.0 Å². The van der Waals surface area contributed by atoms with E-state index >= 15 is 0 Å². The highest BCUT2D eigenvalue weighted by molar-refractivity contribution is 14.1. The molecule has 0 saturated heterocycles. The number of rotatable bonds is 2. The summed E-state index contributed by atoms with van der Waals surface area (Å²) in [7, 11) is 0. The molecule has 0 atom stereocenters. The first-order valence-corrected chi connectivity index (χ1v) is 3.72. The maximum Gasteiger partial charge on any atom is 0.460 e. The van der Waals surface area contributed by atoms with E-state index < -0.39 is 44.5 Å². The zero-order valence-corrected chi connectivity index (χ0v) is 10.7. The van der Waals surface area contributed by atoms with Crippen molar-refractivity contribution in [1.29, 1.82) is 0 Å². The highest BCUT2D eigenvalue weighted by Crippen LogP contribution is 2.55. The summed E-state index contributed by atoms with van der Waals surface area (Å²) in [5.41, 5.74) is 0. The molecule has 0 aliphatic carbocycles. The Kier molecular flexibility index (Phi) is 5.58. The van der Waals surface area contributed by atoms with E-state index in [4.69, 9.17) is 0 Å². The zero-order valence-electron chi connectivity index (χ0n) is 6.19. The van der Waals surface area contributed by atoms with Crippen molar-refractivity contribution in [3.8, 4) is 0 Å². The molecule has 11 heteroatoms. The number of halogens is 11. The molecule has 0 nitrogen and oxygen atoms in total. The monoisotopic (exact) mass is 474 g/mol. The fraction of sp³-hybridized carbons (Fsp3) is 1.00. The second-order valence-corrected chi connectivity index (χ2v) is 3.50. The van der Waals surface area contributed by atoms with E-state index in [2.05, 4.69) is 0 Å². The number of hydrogen-bond donors (Lipinski definition) is 0. The average Bonchev–Trinajstić information content (AvgIpc) is 1.81. The fourth-order valence-corrected chi connectivity index (χ4v) is 0.695. The Morgan fingerprint density at radius 1 is 0.600 bits per heavy atom. The van der Waals surface area contributed by atoms with E-state index in [0.29, 0.717) is 0 Å². The molecule has 0 amide bonds. The smallest absolute Gasteiger partial charge is 0.191 e. The van der Waals surface area contributed by atoms with Crippen molar-refractivity contribution in [3.63, 3.8) is 0 Å². The van der Waals surface area contributed by atoms with E-state index in [1.165, 1.54) is 0 Å². The van der Waals surface area contributed by atoms with Crippen LogP contribution in [0, 0.1) is 0 Å². The van der Waals surface area contributed by atoms with Crippen LogP contribution in [0.3, 0.4) is 0 Å². The molecule has 0 radical (unpaired) electrons. The van der Waals surface area contributed by atoms with Gasteiger partial charge in [0.15, 0.2) is 0 Å². The second kappa shape index (κ2) is 4.60. The summed E-state index contributed by atoms with van der Waals surface area (Å²) in [6, 6.07) is 0. The molecule has 94 valence electrons. The average molecular weight is 474 g/mol. The van der Waals surface area contributed by atoms with Gasteiger partial charge in [-0.25, -0.2) is 0 Å². The molecule has 0 heterocycles. The molecule has 0 unspecified atom stereocenters. The second-order valence-electron chi connectivity index (χ2n) is 2.14. The van der Waals surface area contributed by atoms with E-state index in [1.807, 2.05) is 0 Å². The van der Waals surface area contributed by atoms with Gasteiger partial charge in [-0.15, -0.1) is 24.0 Å². The van der Waals surface area contributed by atoms with Crippen molar-refractivity contribution < 1.29 is 39.5 Å². The minimum absolute atomic E-state index is 0. The Hall–Kier alpha value is 0.830. The summed E-state index contributed by atoms with van der Waals surface area (Å²) in [5.74, 6) is -13.3. The molecular formula is C4HF9I2. The van der Waals surface area contributed by atoms with Crippen LogP contribution in [0.15, 0.2) is 0 Å². The highest BCUT2D eigenvalue weighted by Gasteiger charge is 2.81. The Morgan fingerprint density at radius 2 is 0.867 bits per heavy atom. The van der Waals surface area contributed by atoms with Gasteiger partial charge < -0.3 is 0 Å². The Balaban J connectivity index is 0. The van der Waals surface area contributed by atoms with Crippen LogP contribution in [-0.4, -0.2) is 22.0 Å². The summed E-state index contributed by atoms with van der Waals surface area (Å²) in [6.07, 6.45) is -6.73. The van der Waals surface area contributed by atoms with Crippen molar-refractivity contribution in [2.45, 2.75) is 22.0 Å². The van der Waals surface area contributed by atoms with Crippen LogP contribution >= 0.6 is 46.6 Å². The summed E-state index contributed by atoms with van der Waals surface area (Å²) >= 11 is -0.479. The summed E-state index contributed by atoms with van der Waals surface area (Å²) in [4.78, 5) is 0. The van der Waals surface area contributed by atoms with Crippen LogP contribution in [0.5, 0.6) is 0 Å². The lowest BCUT2D eigenvalue weighted by Gasteiger charge is -2.30. The standard InChI is InChI=1S/C4F9I.HI/c5-1(6,3(9,10)11)2(7,8)4(12,13)14;/h;1H. The summed E-state index contributed by atoms with van der Waals surface area (Å²) in [6.45, 7) is 0. The topological polar surface area (TPSA) is 0 Å². The van der Waals surface area contributed by atoms with E-state index in [9.17, 15) is 39.5 Å². The third-order valence-corrected chi connectivity index (χ3v) is 1.78. The van der Waals surface area contributed by atoms with E-state index in [1.54, 1.807) is 0 Å². The van der Waals surface area contributed by atoms with Crippen molar-refractivity contribution in [3.05, 3.63) is 0 Å².